The third-order valence-electron chi connectivity index (χ3n) is 4.66. The first kappa shape index (κ1) is 21.6. The molecule has 3 aromatic carbocycles. The average molecular weight is 424 g/mol. The van der Waals surface area contributed by atoms with Gasteiger partial charge in [-0.15, -0.1) is 0 Å². The van der Waals surface area contributed by atoms with Crippen molar-refractivity contribution in [1.82, 2.24) is 0 Å². The molecule has 1 amide bonds. The predicted molar refractivity (Wildman–Crippen MR) is 118 cm³/mol. The summed E-state index contributed by atoms with van der Waals surface area (Å²) in [6.07, 6.45) is 0. The van der Waals surface area contributed by atoms with Gasteiger partial charge >= 0.3 is 0 Å². The highest BCUT2D eigenvalue weighted by Gasteiger charge is 2.31. The molecule has 0 N–H and O–H groups in total. The first-order valence-electron chi connectivity index (χ1n) is 9.71. The van der Waals surface area contributed by atoms with Crippen LogP contribution in [-0.4, -0.2) is 20.9 Å². The highest BCUT2D eigenvalue weighted by atomic mass is 32.2. The van der Waals surface area contributed by atoms with Gasteiger partial charge in [0, 0.05) is 0 Å². The van der Waals surface area contributed by atoms with E-state index >= 15 is 0 Å². The molecule has 3 aromatic rings. The van der Waals surface area contributed by atoms with E-state index in [4.69, 9.17) is 4.74 Å². The molecule has 0 atom stereocenters. The standard InChI is InChI=1S/C24H25NO4S/c1-18(2)20-8-7-9-22(16-20)29-17-24(26)25(21-14-12-19(3)13-15-21)30(27,28)23-10-5-4-6-11-23/h4-16,18H,17H2,1-3H3. The lowest BCUT2D eigenvalue weighted by Gasteiger charge is -2.23. The summed E-state index contributed by atoms with van der Waals surface area (Å²) in [7, 11) is -4.09. The van der Waals surface area contributed by atoms with Crippen LogP contribution in [0.15, 0.2) is 83.8 Å². The molecule has 3 rings (SSSR count). The van der Waals surface area contributed by atoms with Gasteiger partial charge in [0.2, 0.25) is 0 Å². The minimum Gasteiger partial charge on any atom is -0.484 e. The first-order valence-corrected chi connectivity index (χ1v) is 11.2. The number of aryl methyl sites for hydroxylation is 1. The van der Waals surface area contributed by atoms with Gasteiger partial charge in [-0.1, -0.05) is 61.9 Å². The lowest BCUT2D eigenvalue weighted by molar-refractivity contribution is -0.119. The number of carbonyl (C=O) groups is 1. The summed E-state index contributed by atoms with van der Waals surface area (Å²) >= 11 is 0. The van der Waals surface area contributed by atoms with Crippen LogP contribution in [0.25, 0.3) is 0 Å². The van der Waals surface area contributed by atoms with Crippen molar-refractivity contribution in [2.75, 3.05) is 10.9 Å². The Balaban J connectivity index is 1.91. The van der Waals surface area contributed by atoms with Crippen LogP contribution in [0.2, 0.25) is 0 Å². The number of hydrogen-bond donors (Lipinski definition) is 0. The van der Waals surface area contributed by atoms with Gasteiger partial charge in [0.25, 0.3) is 15.9 Å². The summed E-state index contributed by atoms with van der Waals surface area (Å²) in [6, 6.07) is 22.1. The Morgan fingerprint density at radius 1 is 0.933 bits per heavy atom. The van der Waals surface area contributed by atoms with E-state index in [0.717, 1.165) is 15.4 Å². The topological polar surface area (TPSA) is 63.7 Å². The van der Waals surface area contributed by atoms with Gasteiger partial charge in [-0.2, -0.15) is 4.31 Å². The molecule has 0 radical (unpaired) electrons. The summed E-state index contributed by atoms with van der Waals surface area (Å²) in [5.74, 6) is 0.167. The lowest BCUT2D eigenvalue weighted by Crippen LogP contribution is -2.40. The Bertz CT molecular complexity index is 1110. The smallest absolute Gasteiger partial charge is 0.278 e. The first-order chi connectivity index (χ1) is 14.3. The Labute approximate surface area is 178 Å². The third-order valence-corrected chi connectivity index (χ3v) is 6.43. The monoisotopic (exact) mass is 423 g/mol. The Morgan fingerprint density at radius 3 is 2.23 bits per heavy atom. The summed E-state index contributed by atoms with van der Waals surface area (Å²) in [5.41, 5.74) is 2.31. The minimum atomic E-state index is -4.09. The fraction of sp³-hybridized carbons (Fsp3) is 0.208. The van der Waals surface area contributed by atoms with E-state index < -0.39 is 22.5 Å². The molecule has 0 bridgehead atoms. The molecular weight excluding hydrogens is 398 g/mol. The van der Waals surface area contributed by atoms with E-state index in [1.165, 1.54) is 12.1 Å². The van der Waals surface area contributed by atoms with Crippen LogP contribution >= 0.6 is 0 Å². The average Bonchev–Trinajstić information content (AvgIpc) is 2.74. The quantitative estimate of drug-likeness (QED) is 0.541. The third kappa shape index (κ3) is 4.89. The zero-order valence-corrected chi connectivity index (χ0v) is 18.1. The van der Waals surface area contributed by atoms with E-state index in [1.54, 1.807) is 48.5 Å². The molecule has 0 aromatic heterocycles. The molecular formula is C24H25NO4S. The second kappa shape index (κ2) is 9.13. The van der Waals surface area contributed by atoms with Crippen molar-refractivity contribution in [1.29, 1.82) is 0 Å². The second-order valence-corrected chi connectivity index (χ2v) is 9.11. The molecule has 5 nitrogen and oxygen atoms in total. The fourth-order valence-corrected chi connectivity index (χ4v) is 4.39. The van der Waals surface area contributed by atoms with Gasteiger partial charge in [-0.3, -0.25) is 4.79 Å². The van der Waals surface area contributed by atoms with E-state index in [2.05, 4.69) is 13.8 Å². The molecule has 30 heavy (non-hydrogen) atoms. The minimum absolute atomic E-state index is 0.0423. The second-order valence-electron chi connectivity index (χ2n) is 7.33. The molecule has 0 heterocycles. The molecule has 0 spiro atoms. The lowest BCUT2D eigenvalue weighted by atomic mass is 10.0. The zero-order chi connectivity index (χ0) is 21.7. The van der Waals surface area contributed by atoms with Gasteiger partial charge in [-0.25, -0.2) is 8.42 Å². The molecule has 156 valence electrons. The number of carbonyl (C=O) groups excluding carboxylic acids is 1. The highest BCUT2D eigenvalue weighted by molar-refractivity contribution is 7.93. The number of sulfonamides is 1. The molecule has 0 fully saturated rings. The van der Waals surface area contributed by atoms with Gasteiger partial charge in [-0.05, 0) is 54.8 Å². The maximum Gasteiger partial charge on any atom is 0.278 e. The molecule has 0 unspecified atom stereocenters. The molecule has 0 aliphatic carbocycles. The van der Waals surface area contributed by atoms with E-state index in [9.17, 15) is 13.2 Å². The number of amides is 1. The largest absolute Gasteiger partial charge is 0.484 e. The van der Waals surface area contributed by atoms with Crippen molar-refractivity contribution in [3.05, 3.63) is 90.0 Å². The number of anilines is 1. The van der Waals surface area contributed by atoms with E-state index in [-0.39, 0.29) is 10.6 Å². The van der Waals surface area contributed by atoms with Crippen LogP contribution in [-0.2, 0) is 14.8 Å². The van der Waals surface area contributed by atoms with Crippen molar-refractivity contribution < 1.29 is 17.9 Å². The summed E-state index contributed by atoms with van der Waals surface area (Å²) in [6.45, 7) is 5.62. The molecule has 0 saturated heterocycles. The SMILES string of the molecule is Cc1ccc(N(C(=O)COc2cccc(C(C)C)c2)S(=O)(=O)c2ccccc2)cc1. The Morgan fingerprint density at radius 2 is 1.60 bits per heavy atom. The summed E-state index contributed by atoms with van der Waals surface area (Å²) in [5, 5.41) is 0. The normalized spacial score (nSPS) is 11.3. The van der Waals surface area contributed by atoms with Gasteiger partial charge < -0.3 is 4.74 Å². The maximum absolute atomic E-state index is 13.3. The number of benzene rings is 3. The fourth-order valence-electron chi connectivity index (χ4n) is 2.96. The number of ether oxygens (including phenoxy) is 1. The predicted octanol–water partition coefficient (Wildman–Crippen LogP) is 4.92. The Kier molecular flexibility index (Phi) is 6.57. The highest BCUT2D eigenvalue weighted by Crippen LogP contribution is 2.25. The van der Waals surface area contributed by atoms with Crippen LogP contribution < -0.4 is 9.04 Å². The van der Waals surface area contributed by atoms with Crippen LogP contribution in [0.1, 0.15) is 30.9 Å². The van der Waals surface area contributed by atoms with Crippen LogP contribution in [0.5, 0.6) is 5.75 Å². The van der Waals surface area contributed by atoms with Gasteiger partial charge in [0.05, 0.1) is 10.6 Å². The molecule has 6 heteroatoms. The summed E-state index contributed by atoms with van der Waals surface area (Å²) in [4.78, 5) is 13.1. The number of rotatable bonds is 7. The summed E-state index contributed by atoms with van der Waals surface area (Å²) < 4.78 is 33.0. The van der Waals surface area contributed by atoms with E-state index in [1.807, 2.05) is 25.1 Å². The molecule has 0 aliphatic rings. The van der Waals surface area contributed by atoms with Crippen molar-refractivity contribution in [3.63, 3.8) is 0 Å². The number of nitrogens with zero attached hydrogens (tertiary/aromatic N) is 1. The molecule has 0 saturated carbocycles. The van der Waals surface area contributed by atoms with Crippen molar-refractivity contribution >= 4 is 21.6 Å². The van der Waals surface area contributed by atoms with Gasteiger partial charge in [0.1, 0.15) is 5.75 Å². The van der Waals surface area contributed by atoms with Gasteiger partial charge in [0.15, 0.2) is 6.61 Å². The van der Waals surface area contributed by atoms with Crippen molar-refractivity contribution in [3.8, 4) is 5.75 Å². The van der Waals surface area contributed by atoms with Crippen LogP contribution in [0.4, 0.5) is 5.69 Å². The van der Waals surface area contributed by atoms with E-state index in [0.29, 0.717) is 11.7 Å². The van der Waals surface area contributed by atoms with Crippen molar-refractivity contribution in [2.24, 2.45) is 0 Å². The van der Waals surface area contributed by atoms with Crippen LogP contribution in [0.3, 0.4) is 0 Å². The molecule has 0 aliphatic heterocycles. The number of hydrogen-bond acceptors (Lipinski definition) is 4. The van der Waals surface area contributed by atoms with Crippen LogP contribution in [0, 0.1) is 6.92 Å². The zero-order valence-electron chi connectivity index (χ0n) is 17.3. The van der Waals surface area contributed by atoms with Crippen molar-refractivity contribution in [2.45, 2.75) is 31.6 Å². The maximum atomic E-state index is 13.3. The Hall–Kier alpha value is -3.12.